The van der Waals surface area contributed by atoms with Crippen molar-refractivity contribution in [2.45, 2.75) is 6.92 Å². The molecule has 0 aliphatic rings. The Labute approximate surface area is 117 Å². The molecular formula is C14H16N6. The molecule has 3 rings (SSSR count). The standard InChI is InChI=1S/C14H16N6/c1-10-4-6-11(7-5-10)19(3)12-13-17-18-14(15-2)20(13)9-8-16-12/h4-9H,1-3H3,(H,15,18). The van der Waals surface area contributed by atoms with E-state index in [1.807, 2.05) is 29.6 Å². The summed E-state index contributed by atoms with van der Waals surface area (Å²) in [6, 6.07) is 8.29. The van der Waals surface area contributed by atoms with E-state index < -0.39 is 0 Å². The van der Waals surface area contributed by atoms with E-state index in [0.717, 1.165) is 17.2 Å². The van der Waals surface area contributed by atoms with E-state index in [-0.39, 0.29) is 0 Å². The van der Waals surface area contributed by atoms with Crippen LogP contribution in [0.15, 0.2) is 36.7 Å². The number of hydrogen-bond donors (Lipinski definition) is 1. The van der Waals surface area contributed by atoms with Crippen molar-refractivity contribution in [2.24, 2.45) is 0 Å². The predicted molar refractivity (Wildman–Crippen MR) is 79.6 cm³/mol. The maximum atomic E-state index is 4.43. The normalized spacial score (nSPS) is 10.8. The number of anilines is 3. The highest BCUT2D eigenvalue weighted by molar-refractivity contribution is 5.72. The summed E-state index contributed by atoms with van der Waals surface area (Å²) in [5, 5.41) is 11.3. The third kappa shape index (κ3) is 1.95. The third-order valence-corrected chi connectivity index (χ3v) is 3.27. The molecule has 1 aromatic carbocycles. The average Bonchev–Trinajstić information content (AvgIpc) is 2.90. The minimum Gasteiger partial charge on any atom is -0.357 e. The first-order valence-electron chi connectivity index (χ1n) is 6.38. The van der Waals surface area contributed by atoms with Crippen molar-refractivity contribution in [3.8, 4) is 0 Å². The molecule has 0 amide bonds. The van der Waals surface area contributed by atoms with Crippen molar-refractivity contribution in [1.29, 1.82) is 0 Å². The molecule has 0 aliphatic heterocycles. The van der Waals surface area contributed by atoms with Crippen LogP contribution < -0.4 is 10.2 Å². The fourth-order valence-corrected chi connectivity index (χ4v) is 2.11. The van der Waals surface area contributed by atoms with E-state index in [1.54, 1.807) is 6.20 Å². The lowest BCUT2D eigenvalue weighted by molar-refractivity contribution is 1.06. The van der Waals surface area contributed by atoms with Crippen LogP contribution in [-0.2, 0) is 0 Å². The van der Waals surface area contributed by atoms with E-state index in [2.05, 4.69) is 51.7 Å². The summed E-state index contributed by atoms with van der Waals surface area (Å²) in [5.74, 6) is 1.46. The first kappa shape index (κ1) is 12.4. The Bertz CT molecular complexity index is 731. The van der Waals surface area contributed by atoms with E-state index >= 15 is 0 Å². The van der Waals surface area contributed by atoms with E-state index in [9.17, 15) is 0 Å². The van der Waals surface area contributed by atoms with Gasteiger partial charge in [0, 0.05) is 32.2 Å². The number of nitrogens with zero attached hydrogens (tertiary/aromatic N) is 5. The van der Waals surface area contributed by atoms with Gasteiger partial charge in [0.2, 0.25) is 11.6 Å². The Balaban J connectivity index is 2.09. The quantitative estimate of drug-likeness (QED) is 0.789. The van der Waals surface area contributed by atoms with Gasteiger partial charge in [0.05, 0.1) is 0 Å². The van der Waals surface area contributed by atoms with Gasteiger partial charge in [0.1, 0.15) is 0 Å². The Morgan fingerprint density at radius 3 is 2.60 bits per heavy atom. The van der Waals surface area contributed by atoms with E-state index in [0.29, 0.717) is 5.95 Å². The molecule has 0 radical (unpaired) electrons. The summed E-state index contributed by atoms with van der Waals surface area (Å²) in [6.45, 7) is 2.07. The van der Waals surface area contributed by atoms with Crippen LogP contribution >= 0.6 is 0 Å². The molecule has 0 saturated heterocycles. The van der Waals surface area contributed by atoms with Crippen molar-refractivity contribution in [2.75, 3.05) is 24.3 Å². The molecule has 0 atom stereocenters. The summed E-state index contributed by atoms with van der Waals surface area (Å²) in [5.41, 5.74) is 3.01. The first-order chi connectivity index (χ1) is 9.70. The fourth-order valence-electron chi connectivity index (χ4n) is 2.11. The van der Waals surface area contributed by atoms with Gasteiger partial charge >= 0.3 is 0 Å². The molecule has 6 heteroatoms. The molecule has 20 heavy (non-hydrogen) atoms. The first-order valence-corrected chi connectivity index (χ1v) is 6.38. The average molecular weight is 268 g/mol. The maximum absolute atomic E-state index is 4.43. The van der Waals surface area contributed by atoms with E-state index in [1.165, 1.54) is 5.56 Å². The van der Waals surface area contributed by atoms with Gasteiger partial charge in [-0.3, -0.25) is 4.40 Å². The molecule has 102 valence electrons. The lowest BCUT2D eigenvalue weighted by Gasteiger charge is -2.18. The molecule has 0 aliphatic carbocycles. The Hall–Kier alpha value is -2.63. The van der Waals surface area contributed by atoms with Crippen LogP contribution in [0.2, 0.25) is 0 Å². The fraction of sp³-hybridized carbons (Fsp3) is 0.214. The molecule has 0 fully saturated rings. The van der Waals surface area contributed by atoms with Gasteiger partial charge in [-0.05, 0) is 19.1 Å². The highest BCUT2D eigenvalue weighted by Crippen LogP contribution is 2.25. The minimum absolute atomic E-state index is 0.695. The summed E-state index contributed by atoms with van der Waals surface area (Å²) in [6.07, 6.45) is 3.59. The zero-order valence-corrected chi connectivity index (χ0v) is 11.7. The number of fused-ring (bicyclic) bond motifs is 1. The van der Waals surface area contributed by atoms with Gasteiger partial charge in [-0.15, -0.1) is 10.2 Å². The largest absolute Gasteiger partial charge is 0.357 e. The van der Waals surface area contributed by atoms with Crippen LogP contribution in [0.1, 0.15) is 5.56 Å². The van der Waals surface area contributed by atoms with Gasteiger partial charge in [0.15, 0.2) is 5.82 Å². The SMILES string of the molecule is CNc1nnc2c(N(C)c3ccc(C)cc3)nccn12. The van der Waals surface area contributed by atoms with Gasteiger partial charge < -0.3 is 10.2 Å². The molecule has 1 N–H and O–H groups in total. The molecule has 0 bridgehead atoms. The van der Waals surface area contributed by atoms with E-state index in [4.69, 9.17) is 0 Å². The van der Waals surface area contributed by atoms with Crippen molar-refractivity contribution >= 4 is 23.1 Å². The molecule has 0 saturated carbocycles. The zero-order valence-electron chi connectivity index (χ0n) is 11.7. The van der Waals surface area contributed by atoms with Crippen LogP contribution in [0.5, 0.6) is 0 Å². The zero-order chi connectivity index (χ0) is 14.1. The van der Waals surface area contributed by atoms with Crippen molar-refractivity contribution in [3.63, 3.8) is 0 Å². The highest BCUT2D eigenvalue weighted by Gasteiger charge is 2.14. The number of benzene rings is 1. The maximum Gasteiger partial charge on any atom is 0.228 e. The Kier molecular flexibility index (Phi) is 2.98. The van der Waals surface area contributed by atoms with Crippen molar-refractivity contribution < 1.29 is 0 Å². The smallest absolute Gasteiger partial charge is 0.228 e. The topological polar surface area (TPSA) is 58.4 Å². The number of hydrogen-bond acceptors (Lipinski definition) is 5. The predicted octanol–water partition coefficient (Wildman–Crippen LogP) is 2.24. The molecular weight excluding hydrogens is 252 g/mol. The van der Waals surface area contributed by atoms with Crippen LogP contribution in [0.25, 0.3) is 5.65 Å². The second kappa shape index (κ2) is 4.80. The van der Waals surface area contributed by atoms with Crippen molar-refractivity contribution in [1.82, 2.24) is 19.6 Å². The van der Waals surface area contributed by atoms with Gasteiger partial charge in [-0.25, -0.2) is 4.98 Å². The number of aromatic nitrogens is 4. The Morgan fingerprint density at radius 1 is 1.15 bits per heavy atom. The van der Waals surface area contributed by atoms with Gasteiger partial charge in [0.25, 0.3) is 0 Å². The summed E-state index contributed by atoms with van der Waals surface area (Å²) < 4.78 is 1.88. The third-order valence-electron chi connectivity index (χ3n) is 3.27. The van der Waals surface area contributed by atoms with Gasteiger partial charge in [-0.2, -0.15) is 0 Å². The minimum atomic E-state index is 0.695. The van der Waals surface area contributed by atoms with Crippen LogP contribution in [0.4, 0.5) is 17.5 Å². The molecule has 6 nitrogen and oxygen atoms in total. The number of rotatable bonds is 3. The molecule has 3 aromatic rings. The lowest BCUT2D eigenvalue weighted by atomic mass is 10.2. The van der Waals surface area contributed by atoms with Crippen LogP contribution in [0.3, 0.4) is 0 Å². The Morgan fingerprint density at radius 2 is 1.90 bits per heavy atom. The monoisotopic (exact) mass is 268 g/mol. The number of nitrogens with one attached hydrogen (secondary N) is 1. The van der Waals surface area contributed by atoms with Crippen LogP contribution in [0, 0.1) is 6.92 Å². The van der Waals surface area contributed by atoms with Gasteiger partial charge in [-0.1, -0.05) is 17.7 Å². The lowest BCUT2D eigenvalue weighted by Crippen LogP contribution is -2.12. The molecule has 0 unspecified atom stereocenters. The molecule has 2 heterocycles. The second-order valence-corrected chi connectivity index (χ2v) is 4.61. The second-order valence-electron chi connectivity index (χ2n) is 4.61. The molecule has 0 spiro atoms. The highest BCUT2D eigenvalue weighted by atomic mass is 15.3. The molecule has 2 aromatic heterocycles. The number of aryl methyl sites for hydroxylation is 1. The van der Waals surface area contributed by atoms with Crippen molar-refractivity contribution in [3.05, 3.63) is 42.2 Å². The summed E-state index contributed by atoms with van der Waals surface area (Å²) in [7, 11) is 3.79. The van der Waals surface area contributed by atoms with Crippen LogP contribution in [-0.4, -0.2) is 33.7 Å². The summed E-state index contributed by atoms with van der Waals surface area (Å²) >= 11 is 0. The summed E-state index contributed by atoms with van der Waals surface area (Å²) in [4.78, 5) is 6.43.